The van der Waals surface area contributed by atoms with Gasteiger partial charge in [0.2, 0.25) is 0 Å². The van der Waals surface area contributed by atoms with Crippen molar-refractivity contribution in [3.05, 3.63) is 19.2 Å². The lowest BCUT2D eigenvalue weighted by Crippen LogP contribution is -2.31. The van der Waals surface area contributed by atoms with Gasteiger partial charge in [-0.25, -0.2) is 4.99 Å². The number of carbonyl (C=O) groups excluding carboxylic acids is 1. The van der Waals surface area contributed by atoms with Crippen LogP contribution in [0, 0.1) is 0 Å². The van der Waals surface area contributed by atoms with Gasteiger partial charge in [-0.15, -0.1) is 11.3 Å². The number of guanidine groups is 1. The molecule has 0 fully saturated rings. The highest BCUT2D eigenvalue weighted by atomic mass is 79.9. The van der Waals surface area contributed by atoms with Crippen molar-refractivity contribution < 1.29 is 4.79 Å². The summed E-state index contributed by atoms with van der Waals surface area (Å²) in [6.45, 7) is 0. The molecule has 74 valence electrons. The SMILES string of the molecule is NC1=NC(c2cc(Br)c(Br)s2)C(=O)N1. The first-order valence-electron chi connectivity index (χ1n) is 3.67. The Balaban J connectivity index is 2.36. The van der Waals surface area contributed by atoms with Crippen molar-refractivity contribution in [3.8, 4) is 0 Å². The molecule has 0 aliphatic carbocycles. The van der Waals surface area contributed by atoms with Crippen LogP contribution in [0.25, 0.3) is 0 Å². The van der Waals surface area contributed by atoms with Crippen LogP contribution >= 0.6 is 43.2 Å². The molecule has 1 aliphatic rings. The Labute approximate surface area is 101 Å². The van der Waals surface area contributed by atoms with Gasteiger partial charge >= 0.3 is 0 Å². The molecule has 0 saturated carbocycles. The van der Waals surface area contributed by atoms with Crippen molar-refractivity contribution in [2.24, 2.45) is 10.7 Å². The summed E-state index contributed by atoms with van der Waals surface area (Å²) in [4.78, 5) is 16.2. The summed E-state index contributed by atoms with van der Waals surface area (Å²) >= 11 is 8.17. The number of nitrogens with two attached hydrogens (primary N) is 1. The van der Waals surface area contributed by atoms with Crippen LogP contribution in [0.15, 0.2) is 19.3 Å². The number of halogens is 2. The number of amides is 1. The molecular formula is C7H5Br2N3OS. The van der Waals surface area contributed by atoms with E-state index in [0.29, 0.717) is 0 Å². The predicted molar refractivity (Wildman–Crippen MR) is 62.2 cm³/mol. The number of carbonyl (C=O) groups is 1. The van der Waals surface area contributed by atoms with E-state index in [1.165, 1.54) is 11.3 Å². The number of nitrogens with zero attached hydrogens (tertiary/aromatic N) is 1. The van der Waals surface area contributed by atoms with Crippen molar-refractivity contribution in [3.63, 3.8) is 0 Å². The number of hydrogen-bond donors (Lipinski definition) is 2. The van der Waals surface area contributed by atoms with E-state index in [1.807, 2.05) is 6.07 Å². The molecule has 1 atom stereocenters. The van der Waals surface area contributed by atoms with Gasteiger partial charge in [-0.1, -0.05) is 0 Å². The summed E-state index contributed by atoms with van der Waals surface area (Å²) in [7, 11) is 0. The quantitative estimate of drug-likeness (QED) is 0.819. The topological polar surface area (TPSA) is 67.5 Å². The monoisotopic (exact) mass is 337 g/mol. The highest BCUT2D eigenvalue weighted by Crippen LogP contribution is 2.37. The van der Waals surface area contributed by atoms with Crippen LogP contribution in [-0.4, -0.2) is 11.9 Å². The number of hydrogen-bond acceptors (Lipinski definition) is 4. The summed E-state index contributed by atoms with van der Waals surface area (Å²) in [6, 6.07) is 1.36. The molecule has 1 aliphatic heterocycles. The Bertz CT molecular complexity index is 409. The second kappa shape index (κ2) is 3.63. The minimum absolute atomic E-state index is 0.177. The van der Waals surface area contributed by atoms with Gasteiger partial charge in [0.15, 0.2) is 12.0 Å². The summed E-state index contributed by atoms with van der Waals surface area (Å²) < 4.78 is 1.87. The number of thiophene rings is 1. The maximum atomic E-state index is 11.4. The predicted octanol–water partition coefficient (Wildman–Crippen LogP) is 1.76. The van der Waals surface area contributed by atoms with Gasteiger partial charge in [-0.2, -0.15) is 0 Å². The molecule has 3 N–H and O–H groups in total. The molecule has 0 radical (unpaired) electrons. The Morgan fingerprint density at radius 2 is 2.29 bits per heavy atom. The fourth-order valence-electron chi connectivity index (χ4n) is 1.12. The molecule has 0 aromatic carbocycles. The van der Waals surface area contributed by atoms with Crippen LogP contribution in [-0.2, 0) is 4.79 Å². The van der Waals surface area contributed by atoms with Crippen LogP contribution in [0.2, 0.25) is 0 Å². The molecule has 0 saturated heterocycles. The van der Waals surface area contributed by atoms with E-state index < -0.39 is 6.04 Å². The van der Waals surface area contributed by atoms with Gasteiger partial charge in [0.05, 0.1) is 3.79 Å². The average molecular weight is 339 g/mol. The van der Waals surface area contributed by atoms with E-state index in [9.17, 15) is 4.79 Å². The van der Waals surface area contributed by atoms with E-state index >= 15 is 0 Å². The maximum Gasteiger partial charge on any atom is 0.257 e. The standard InChI is InChI=1S/C7H5Br2N3OS/c8-2-1-3(14-5(2)9)4-6(13)12-7(10)11-4/h1,4H,(H3,10,11,12,13). The molecule has 1 aromatic heterocycles. The first-order valence-corrected chi connectivity index (χ1v) is 6.07. The van der Waals surface area contributed by atoms with E-state index in [1.54, 1.807) is 0 Å². The average Bonchev–Trinajstić information content (AvgIpc) is 2.57. The van der Waals surface area contributed by atoms with Crippen molar-refractivity contribution in [1.82, 2.24) is 5.32 Å². The zero-order valence-electron chi connectivity index (χ0n) is 6.75. The Hall–Kier alpha value is -0.400. The van der Waals surface area contributed by atoms with Gasteiger partial charge in [-0.05, 0) is 37.9 Å². The van der Waals surface area contributed by atoms with Crippen LogP contribution in [0.3, 0.4) is 0 Å². The fraction of sp³-hybridized carbons (Fsp3) is 0.143. The van der Waals surface area contributed by atoms with Crippen LogP contribution in [0.5, 0.6) is 0 Å². The minimum atomic E-state index is -0.498. The normalized spacial score (nSPS) is 20.9. The first kappa shape index (κ1) is 10.1. The lowest BCUT2D eigenvalue weighted by Gasteiger charge is -1.98. The fourth-order valence-corrected chi connectivity index (χ4v) is 3.24. The molecule has 1 amide bonds. The molecule has 2 heterocycles. The third-order valence-electron chi connectivity index (χ3n) is 1.70. The molecule has 1 aromatic rings. The molecule has 14 heavy (non-hydrogen) atoms. The largest absolute Gasteiger partial charge is 0.370 e. The minimum Gasteiger partial charge on any atom is -0.370 e. The van der Waals surface area contributed by atoms with Gasteiger partial charge in [0.1, 0.15) is 0 Å². The smallest absolute Gasteiger partial charge is 0.257 e. The zero-order chi connectivity index (χ0) is 10.3. The molecule has 0 bridgehead atoms. The summed E-state index contributed by atoms with van der Waals surface area (Å²) in [5.74, 6) is 0.00407. The maximum absolute atomic E-state index is 11.4. The Morgan fingerprint density at radius 3 is 2.71 bits per heavy atom. The lowest BCUT2D eigenvalue weighted by atomic mass is 10.2. The second-order valence-electron chi connectivity index (χ2n) is 2.68. The van der Waals surface area contributed by atoms with E-state index in [4.69, 9.17) is 5.73 Å². The van der Waals surface area contributed by atoms with Crippen molar-refractivity contribution >= 4 is 55.1 Å². The lowest BCUT2D eigenvalue weighted by molar-refractivity contribution is -0.120. The number of aliphatic imine (C=N–C) groups is 1. The summed E-state index contributed by atoms with van der Waals surface area (Å²) in [6.07, 6.45) is 0. The molecule has 7 heteroatoms. The highest BCUT2D eigenvalue weighted by Gasteiger charge is 2.28. The Morgan fingerprint density at radius 1 is 1.57 bits per heavy atom. The molecule has 0 spiro atoms. The van der Waals surface area contributed by atoms with Gasteiger partial charge in [-0.3, -0.25) is 10.1 Å². The van der Waals surface area contributed by atoms with Gasteiger partial charge < -0.3 is 5.73 Å². The zero-order valence-corrected chi connectivity index (χ0v) is 10.7. The van der Waals surface area contributed by atoms with Crippen molar-refractivity contribution in [1.29, 1.82) is 0 Å². The van der Waals surface area contributed by atoms with Crippen molar-refractivity contribution in [2.75, 3.05) is 0 Å². The third kappa shape index (κ3) is 1.71. The van der Waals surface area contributed by atoms with E-state index in [-0.39, 0.29) is 11.9 Å². The highest BCUT2D eigenvalue weighted by molar-refractivity contribution is 9.13. The van der Waals surface area contributed by atoms with Crippen LogP contribution in [0.1, 0.15) is 10.9 Å². The molecule has 2 rings (SSSR count). The Kier molecular flexibility index (Phi) is 2.63. The summed E-state index contributed by atoms with van der Waals surface area (Å²) in [5, 5.41) is 2.46. The van der Waals surface area contributed by atoms with E-state index in [2.05, 4.69) is 42.2 Å². The second-order valence-corrected chi connectivity index (χ2v) is 5.93. The van der Waals surface area contributed by atoms with Gasteiger partial charge in [0.25, 0.3) is 5.91 Å². The third-order valence-corrected chi connectivity index (χ3v) is 5.01. The first-order chi connectivity index (χ1) is 6.58. The van der Waals surface area contributed by atoms with Crippen molar-refractivity contribution in [2.45, 2.75) is 6.04 Å². The van der Waals surface area contributed by atoms with E-state index in [0.717, 1.165) is 13.1 Å². The summed E-state index contributed by atoms with van der Waals surface area (Å²) in [5.41, 5.74) is 5.40. The number of rotatable bonds is 1. The molecule has 4 nitrogen and oxygen atoms in total. The molecule has 1 unspecified atom stereocenters. The number of nitrogens with one attached hydrogen (secondary N) is 1. The van der Waals surface area contributed by atoms with Crippen LogP contribution in [0.4, 0.5) is 0 Å². The van der Waals surface area contributed by atoms with Crippen LogP contribution < -0.4 is 11.1 Å². The van der Waals surface area contributed by atoms with Gasteiger partial charge in [0, 0.05) is 9.35 Å². The molecular weight excluding hydrogens is 334 g/mol.